The van der Waals surface area contributed by atoms with Crippen molar-refractivity contribution in [2.45, 2.75) is 62.6 Å². The lowest BCUT2D eigenvalue weighted by Crippen LogP contribution is -2.43. The third-order valence-electron chi connectivity index (χ3n) is 8.36. The number of amides is 1. The van der Waals surface area contributed by atoms with Gasteiger partial charge in [0.25, 0.3) is 0 Å². The SMILES string of the molecule is CN(C)CC1CCCCC1(O)c1cccc(C(N)=O)c1.[C-]#[N+]c1cccc(C2(O)CCCCC2CN(C)C)c1. The van der Waals surface area contributed by atoms with Gasteiger partial charge in [-0.2, -0.15) is 0 Å². The van der Waals surface area contributed by atoms with Crippen LogP contribution in [0.1, 0.15) is 72.9 Å². The molecular formula is C32H46N4O3. The second-order valence-corrected chi connectivity index (χ2v) is 11.9. The first-order valence-electron chi connectivity index (χ1n) is 14.1. The van der Waals surface area contributed by atoms with Crippen LogP contribution < -0.4 is 5.73 Å². The second kappa shape index (κ2) is 13.5. The van der Waals surface area contributed by atoms with Gasteiger partial charge in [0.05, 0.1) is 17.8 Å². The molecule has 4 unspecified atom stereocenters. The normalized spacial score (nSPS) is 26.9. The number of hydrogen-bond acceptors (Lipinski definition) is 5. The van der Waals surface area contributed by atoms with Crippen LogP contribution in [-0.4, -0.2) is 67.2 Å². The minimum absolute atomic E-state index is 0.189. The molecule has 7 heteroatoms. The molecule has 2 aromatic carbocycles. The van der Waals surface area contributed by atoms with E-state index in [0.717, 1.165) is 69.2 Å². The molecule has 0 aromatic heterocycles. The van der Waals surface area contributed by atoms with E-state index in [1.165, 1.54) is 6.42 Å². The van der Waals surface area contributed by atoms with Crippen LogP contribution >= 0.6 is 0 Å². The quantitative estimate of drug-likeness (QED) is 0.439. The summed E-state index contributed by atoms with van der Waals surface area (Å²) in [6, 6.07) is 14.6. The molecule has 39 heavy (non-hydrogen) atoms. The summed E-state index contributed by atoms with van der Waals surface area (Å²) in [6.45, 7) is 8.85. The summed E-state index contributed by atoms with van der Waals surface area (Å²) in [5.74, 6) is -0.0120. The Morgan fingerprint density at radius 1 is 0.872 bits per heavy atom. The van der Waals surface area contributed by atoms with Crippen molar-refractivity contribution in [2.24, 2.45) is 17.6 Å². The van der Waals surface area contributed by atoms with E-state index >= 15 is 0 Å². The average molecular weight is 535 g/mol. The first-order chi connectivity index (χ1) is 18.5. The Balaban J connectivity index is 0.000000216. The molecule has 0 aliphatic heterocycles. The molecule has 0 spiro atoms. The molecule has 2 aliphatic rings. The third kappa shape index (κ3) is 7.67. The van der Waals surface area contributed by atoms with Gasteiger partial charge >= 0.3 is 0 Å². The van der Waals surface area contributed by atoms with Gasteiger partial charge in [0.2, 0.25) is 5.91 Å². The van der Waals surface area contributed by atoms with Gasteiger partial charge in [0.15, 0.2) is 5.69 Å². The predicted molar refractivity (Wildman–Crippen MR) is 156 cm³/mol. The highest BCUT2D eigenvalue weighted by Gasteiger charge is 2.41. The minimum atomic E-state index is -0.853. The summed E-state index contributed by atoms with van der Waals surface area (Å²) < 4.78 is 0. The van der Waals surface area contributed by atoms with E-state index in [-0.39, 0.29) is 11.8 Å². The zero-order chi connectivity index (χ0) is 28.6. The lowest BCUT2D eigenvalue weighted by molar-refractivity contribution is -0.0620. The Hall–Kier alpha value is -2.76. The lowest BCUT2D eigenvalue weighted by atomic mass is 9.71. The number of nitrogens with zero attached hydrogens (tertiary/aromatic N) is 3. The maximum atomic E-state index is 11.3. The highest BCUT2D eigenvalue weighted by molar-refractivity contribution is 5.92. The molecule has 0 heterocycles. The van der Waals surface area contributed by atoms with Gasteiger partial charge in [-0.3, -0.25) is 4.79 Å². The van der Waals surface area contributed by atoms with Crippen LogP contribution in [0, 0.1) is 18.4 Å². The number of nitrogens with two attached hydrogens (primary N) is 1. The summed E-state index contributed by atoms with van der Waals surface area (Å²) in [6.07, 6.45) is 8.01. The van der Waals surface area contributed by atoms with Gasteiger partial charge < -0.3 is 25.7 Å². The van der Waals surface area contributed by atoms with E-state index in [2.05, 4.69) is 14.6 Å². The van der Waals surface area contributed by atoms with Crippen molar-refractivity contribution in [2.75, 3.05) is 41.3 Å². The number of carbonyl (C=O) groups is 1. The van der Waals surface area contributed by atoms with Crippen molar-refractivity contribution in [1.82, 2.24) is 9.80 Å². The van der Waals surface area contributed by atoms with E-state index < -0.39 is 17.1 Å². The van der Waals surface area contributed by atoms with Crippen LogP contribution in [0.15, 0.2) is 48.5 Å². The van der Waals surface area contributed by atoms with E-state index in [4.69, 9.17) is 12.3 Å². The van der Waals surface area contributed by atoms with Crippen LogP contribution in [0.25, 0.3) is 4.85 Å². The standard InChI is InChI=1S/C16H24N2O2.C16H22N2O/c1-18(2)11-14-7-3-4-9-16(14,20)13-8-5-6-12(10-13)15(17)19;1-17-15-9-6-8-13(11-15)16(19)10-5-4-7-14(16)12-18(2)3/h5-6,8,10,14,20H,3-4,7,9,11H2,1-2H3,(H2,17,19);6,8-9,11,14,19H,4-5,7,10,12H2,2-3H3. The third-order valence-corrected chi connectivity index (χ3v) is 8.36. The highest BCUT2D eigenvalue weighted by atomic mass is 16.3. The van der Waals surface area contributed by atoms with Crippen molar-refractivity contribution in [3.63, 3.8) is 0 Å². The Morgan fingerprint density at radius 2 is 1.36 bits per heavy atom. The van der Waals surface area contributed by atoms with Crippen molar-refractivity contribution in [3.05, 3.63) is 76.6 Å². The minimum Gasteiger partial charge on any atom is -0.385 e. The fourth-order valence-corrected chi connectivity index (χ4v) is 6.37. The molecule has 2 saturated carbocycles. The topological polar surface area (TPSA) is 94.4 Å². The zero-order valence-corrected chi connectivity index (χ0v) is 24.1. The summed E-state index contributed by atoms with van der Waals surface area (Å²) in [7, 11) is 8.14. The number of hydrogen-bond donors (Lipinski definition) is 3. The maximum Gasteiger partial charge on any atom is 0.248 e. The molecular weight excluding hydrogens is 488 g/mol. The number of rotatable bonds is 7. The smallest absolute Gasteiger partial charge is 0.248 e. The largest absolute Gasteiger partial charge is 0.385 e. The number of carbonyl (C=O) groups excluding carboxylic acids is 1. The predicted octanol–water partition coefficient (Wildman–Crippen LogP) is 4.90. The fourth-order valence-electron chi connectivity index (χ4n) is 6.37. The van der Waals surface area contributed by atoms with Crippen molar-refractivity contribution in [3.8, 4) is 0 Å². The van der Waals surface area contributed by atoms with Gasteiger partial charge in [0.1, 0.15) is 0 Å². The Kier molecular flexibility index (Phi) is 10.7. The van der Waals surface area contributed by atoms with Gasteiger partial charge in [-0.15, -0.1) is 0 Å². The molecule has 0 saturated heterocycles. The Morgan fingerprint density at radius 3 is 1.82 bits per heavy atom. The summed E-state index contributed by atoms with van der Waals surface area (Å²) in [5, 5.41) is 22.3. The van der Waals surface area contributed by atoms with Crippen LogP contribution in [0.3, 0.4) is 0 Å². The van der Waals surface area contributed by atoms with Gasteiger partial charge in [0, 0.05) is 30.5 Å². The first-order valence-corrected chi connectivity index (χ1v) is 14.1. The molecule has 2 aromatic rings. The van der Waals surface area contributed by atoms with E-state index in [0.29, 0.717) is 11.3 Å². The highest BCUT2D eigenvalue weighted by Crippen LogP contribution is 2.43. The molecule has 1 amide bonds. The number of benzene rings is 2. The zero-order valence-electron chi connectivity index (χ0n) is 24.1. The van der Waals surface area contributed by atoms with Crippen molar-refractivity contribution < 1.29 is 15.0 Å². The Bertz CT molecular complexity index is 1140. The van der Waals surface area contributed by atoms with Crippen molar-refractivity contribution >= 4 is 11.6 Å². The molecule has 0 radical (unpaired) electrons. The van der Waals surface area contributed by atoms with Gasteiger partial charge in [-0.1, -0.05) is 62.1 Å². The summed E-state index contributed by atoms with van der Waals surface area (Å²) in [5.41, 5.74) is 6.52. The molecule has 4 rings (SSSR count). The van der Waals surface area contributed by atoms with E-state index in [1.807, 2.05) is 52.5 Å². The molecule has 7 nitrogen and oxygen atoms in total. The molecule has 4 N–H and O–H groups in total. The molecule has 212 valence electrons. The fraction of sp³-hybridized carbons (Fsp3) is 0.562. The van der Waals surface area contributed by atoms with E-state index in [9.17, 15) is 15.0 Å². The average Bonchev–Trinajstić information content (AvgIpc) is 2.91. The first kappa shape index (κ1) is 30.8. The second-order valence-electron chi connectivity index (χ2n) is 11.9. The van der Waals surface area contributed by atoms with E-state index in [1.54, 1.807) is 24.3 Å². The van der Waals surface area contributed by atoms with Crippen LogP contribution in [0.5, 0.6) is 0 Å². The maximum absolute atomic E-state index is 11.3. The molecule has 4 atom stereocenters. The molecule has 2 aliphatic carbocycles. The summed E-state index contributed by atoms with van der Waals surface area (Å²) >= 11 is 0. The van der Waals surface area contributed by atoms with Crippen molar-refractivity contribution in [1.29, 1.82) is 0 Å². The molecule has 2 fully saturated rings. The lowest BCUT2D eigenvalue weighted by Gasteiger charge is -2.42. The van der Waals surface area contributed by atoms with Crippen LogP contribution in [-0.2, 0) is 11.2 Å². The monoisotopic (exact) mass is 534 g/mol. The number of primary amides is 1. The Labute approximate surface area is 234 Å². The van der Waals surface area contributed by atoms with Gasteiger partial charge in [-0.25, -0.2) is 4.85 Å². The van der Waals surface area contributed by atoms with Crippen LogP contribution in [0.2, 0.25) is 0 Å². The van der Waals surface area contributed by atoms with Crippen LogP contribution in [0.4, 0.5) is 5.69 Å². The van der Waals surface area contributed by atoms with Gasteiger partial charge in [-0.05, 0) is 77.1 Å². The molecule has 0 bridgehead atoms. The summed E-state index contributed by atoms with van der Waals surface area (Å²) in [4.78, 5) is 19.1. The number of aliphatic hydroxyl groups is 2.